The fourth-order valence-corrected chi connectivity index (χ4v) is 5.53. The zero-order chi connectivity index (χ0) is 28.1. The molecular formula is C30H29ClN4O3S. The van der Waals surface area contributed by atoms with Gasteiger partial charge in [-0.15, -0.1) is 0 Å². The van der Waals surface area contributed by atoms with Gasteiger partial charge < -0.3 is 20.4 Å². The molecule has 0 saturated carbocycles. The van der Waals surface area contributed by atoms with Crippen LogP contribution in [0, 0.1) is 25.2 Å². The highest BCUT2D eigenvalue weighted by atomic mass is 35.5. The summed E-state index contributed by atoms with van der Waals surface area (Å²) in [5.41, 5.74) is 5.51. The fourth-order valence-electron chi connectivity index (χ4n) is 4.46. The summed E-state index contributed by atoms with van der Waals surface area (Å²) in [5.74, 6) is -0.798. The maximum Gasteiger partial charge on any atom is 0.254 e. The molecule has 1 aliphatic rings. The zero-order valence-corrected chi connectivity index (χ0v) is 23.7. The standard InChI is InChI=1S/C30H29ClN4O3S/c1-5-20-9-6-8-18(3)28(20)35-29(37)26-19(4)33-30(22(15-32)27(26)24-10-7-13-38-24)39-16-25(36)34-21-12-11-17(2)23(31)14-21/h6-14,27,33H,5,16H2,1-4H3,(H,34,36)(H,35,37)/t27-/m0/s1. The monoisotopic (exact) mass is 560 g/mol. The number of benzene rings is 2. The van der Waals surface area contributed by atoms with Crippen LogP contribution >= 0.6 is 23.4 Å². The van der Waals surface area contributed by atoms with E-state index in [9.17, 15) is 14.9 Å². The Morgan fingerprint density at radius 3 is 2.56 bits per heavy atom. The molecule has 1 aromatic heterocycles. The van der Waals surface area contributed by atoms with Crippen LogP contribution in [0.1, 0.15) is 42.2 Å². The third-order valence-electron chi connectivity index (χ3n) is 6.50. The summed E-state index contributed by atoms with van der Waals surface area (Å²) < 4.78 is 5.70. The lowest BCUT2D eigenvalue weighted by Gasteiger charge is -2.28. The maximum atomic E-state index is 13.7. The number of nitrogens with one attached hydrogen (secondary N) is 3. The number of rotatable bonds is 8. The van der Waals surface area contributed by atoms with Crippen molar-refractivity contribution in [3.63, 3.8) is 0 Å². The van der Waals surface area contributed by atoms with Crippen LogP contribution in [0.3, 0.4) is 0 Å². The molecule has 2 amide bonds. The topological polar surface area (TPSA) is 107 Å². The number of allylic oxidation sites excluding steroid dienone is 2. The second-order valence-corrected chi connectivity index (χ2v) is 10.6. The third kappa shape index (κ3) is 6.22. The number of furan rings is 1. The van der Waals surface area contributed by atoms with Gasteiger partial charge in [0.15, 0.2) is 0 Å². The average molecular weight is 561 g/mol. The number of thioether (sulfide) groups is 1. The molecule has 0 aliphatic carbocycles. The summed E-state index contributed by atoms with van der Waals surface area (Å²) in [5, 5.41) is 20.4. The number of carbonyl (C=O) groups is 2. The minimum absolute atomic E-state index is 0.0434. The lowest BCUT2D eigenvalue weighted by Crippen LogP contribution is -2.31. The van der Waals surface area contributed by atoms with Crippen LogP contribution in [-0.2, 0) is 16.0 Å². The number of amides is 2. The normalized spacial score (nSPS) is 15.0. The van der Waals surface area contributed by atoms with Crippen molar-refractivity contribution in [2.45, 2.75) is 40.0 Å². The van der Waals surface area contributed by atoms with E-state index in [2.05, 4.69) is 22.0 Å². The molecule has 4 rings (SSSR count). The summed E-state index contributed by atoms with van der Waals surface area (Å²) in [4.78, 5) is 26.4. The lowest BCUT2D eigenvalue weighted by molar-refractivity contribution is -0.114. The van der Waals surface area contributed by atoms with Gasteiger partial charge in [0.2, 0.25) is 5.91 Å². The molecule has 39 heavy (non-hydrogen) atoms. The van der Waals surface area contributed by atoms with Gasteiger partial charge in [0, 0.05) is 22.1 Å². The number of anilines is 2. The second-order valence-electron chi connectivity index (χ2n) is 9.18. The number of hydrogen-bond acceptors (Lipinski definition) is 6. The Morgan fingerprint density at radius 1 is 1.10 bits per heavy atom. The first kappa shape index (κ1) is 28.1. The van der Waals surface area contributed by atoms with E-state index >= 15 is 0 Å². The quantitative estimate of drug-likeness (QED) is 0.279. The Hall–Kier alpha value is -3.93. The van der Waals surface area contributed by atoms with E-state index in [0.717, 1.165) is 28.8 Å². The molecule has 2 heterocycles. The average Bonchev–Trinajstić information content (AvgIpc) is 3.45. The largest absolute Gasteiger partial charge is 0.468 e. The van der Waals surface area contributed by atoms with Gasteiger partial charge in [0.1, 0.15) is 5.76 Å². The number of dihydropyridines is 1. The first-order chi connectivity index (χ1) is 18.7. The Labute approximate surface area is 237 Å². The van der Waals surface area contributed by atoms with Gasteiger partial charge >= 0.3 is 0 Å². The van der Waals surface area contributed by atoms with Crippen molar-refractivity contribution in [2.24, 2.45) is 0 Å². The lowest BCUT2D eigenvalue weighted by atomic mass is 9.85. The van der Waals surface area contributed by atoms with Gasteiger partial charge in [-0.2, -0.15) is 5.26 Å². The molecule has 0 saturated heterocycles. The molecule has 200 valence electrons. The van der Waals surface area contributed by atoms with Crippen molar-refractivity contribution >= 4 is 46.6 Å². The number of aryl methyl sites for hydroxylation is 3. The van der Waals surface area contributed by atoms with Crippen molar-refractivity contribution in [3.05, 3.63) is 104 Å². The molecule has 0 unspecified atom stereocenters. The van der Waals surface area contributed by atoms with E-state index in [1.54, 1.807) is 31.2 Å². The van der Waals surface area contributed by atoms with Crippen molar-refractivity contribution in [3.8, 4) is 6.07 Å². The van der Waals surface area contributed by atoms with E-state index in [-0.39, 0.29) is 17.6 Å². The molecule has 1 aliphatic heterocycles. The van der Waals surface area contributed by atoms with Crippen molar-refractivity contribution < 1.29 is 14.0 Å². The highest BCUT2D eigenvalue weighted by Gasteiger charge is 2.36. The predicted molar refractivity (Wildman–Crippen MR) is 156 cm³/mol. The van der Waals surface area contributed by atoms with Gasteiger partial charge in [-0.25, -0.2) is 0 Å². The molecule has 7 nitrogen and oxygen atoms in total. The zero-order valence-electron chi connectivity index (χ0n) is 22.1. The van der Waals surface area contributed by atoms with Gasteiger partial charge in [-0.05, 0) is 68.1 Å². The Balaban J connectivity index is 1.60. The number of hydrogen-bond donors (Lipinski definition) is 3. The summed E-state index contributed by atoms with van der Waals surface area (Å²) in [6.45, 7) is 7.65. The summed E-state index contributed by atoms with van der Waals surface area (Å²) >= 11 is 7.36. The Bertz CT molecular complexity index is 1520. The van der Waals surface area contributed by atoms with Crippen molar-refractivity contribution in [1.29, 1.82) is 5.26 Å². The maximum absolute atomic E-state index is 13.7. The molecule has 1 atom stereocenters. The van der Waals surface area contributed by atoms with Crippen LogP contribution in [0.2, 0.25) is 5.02 Å². The Kier molecular flexibility index (Phi) is 8.85. The summed E-state index contributed by atoms with van der Waals surface area (Å²) in [7, 11) is 0. The van der Waals surface area contributed by atoms with E-state index in [0.29, 0.717) is 38.3 Å². The van der Waals surface area contributed by atoms with Gasteiger partial charge in [0.05, 0.1) is 40.2 Å². The number of carbonyl (C=O) groups excluding carboxylic acids is 2. The van der Waals surface area contributed by atoms with Crippen molar-refractivity contribution in [1.82, 2.24) is 5.32 Å². The SMILES string of the molecule is CCc1cccc(C)c1NC(=O)C1=C(C)NC(SCC(=O)Nc2ccc(C)c(Cl)c2)=C(C#N)[C@H]1c1ccco1. The first-order valence-corrected chi connectivity index (χ1v) is 13.8. The van der Waals surface area contributed by atoms with E-state index in [4.69, 9.17) is 16.0 Å². The Morgan fingerprint density at radius 2 is 1.90 bits per heavy atom. The van der Waals surface area contributed by atoms with E-state index < -0.39 is 5.92 Å². The van der Waals surface area contributed by atoms with Crippen LogP contribution in [-0.4, -0.2) is 17.6 Å². The van der Waals surface area contributed by atoms with E-state index in [1.807, 2.05) is 45.0 Å². The molecule has 9 heteroatoms. The second kappa shape index (κ2) is 12.3. The number of nitriles is 1. The van der Waals surface area contributed by atoms with Crippen LogP contribution < -0.4 is 16.0 Å². The van der Waals surface area contributed by atoms with Crippen LogP contribution in [0.4, 0.5) is 11.4 Å². The molecule has 3 N–H and O–H groups in total. The highest BCUT2D eigenvalue weighted by molar-refractivity contribution is 8.03. The summed E-state index contributed by atoms with van der Waals surface area (Å²) in [6.07, 6.45) is 2.27. The number of halogens is 1. The minimum atomic E-state index is -0.734. The highest BCUT2D eigenvalue weighted by Crippen LogP contribution is 2.41. The molecular weight excluding hydrogens is 532 g/mol. The minimum Gasteiger partial charge on any atom is -0.468 e. The first-order valence-electron chi connectivity index (χ1n) is 12.5. The smallest absolute Gasteiger partial charge is 0.254 e. The van der Waals surface area contributed by atoms with Crippen LogP contribution in [0.5, 0.6) is 0 Å². The van der Waals surface area contributed by atoms with Crippen molar-refractivity contribution in [2.75, 3.05) is 16.4 Å². The molecule has 0 radical (unpaired) electrons. The molecule has 0 fully saturated rings. The molecule has 0 spiro atoms. The molecule has 2 aromatic carbocycles. The number of nitrogens with zero attached hydrogens (tertiary/aromatic N) is 1. The molecule has 3 aromatic rings. The van der Waals surface area contributed by atoms with Gasteiger partial charge in [-0.3, -0.25) is 9.59 Å². The van der Waals surface area contributed by atoms with Gasteiger partial charge in [0.25, 0.3) is 5.91 Å². The fraction of sp³-hybridized carbons (Fsp3) is 0.233. The molecule has 0 bridgehead atoms. The number of para-hydroxylation sites is 1. The predicted octanol–water partition coefficient (Wildman–Crippen LogP) is 6.82. The van der Waals surface area contributed by atoms with E-state index in [1.165, 1.54) is 18.0 Å². The van der Waals surface area contributed by atoms with Crippen LogP contribution in [0.25, 0.3) is 0 Å². The third-order valence-corrected chi connectivity index (χ3v) is 7.93. The van der Waals surface area contributed by atoms with Crippen LogP contribution in [0.15, 0.2) is 81.1 Å². The summed E-state index contributed by atoms with van der Waals surface area (Å²) in [6, 6.07) is 16.9. The van der Waals surface area contributed by atoms with Gasteiger partial charge in [-0.1, -0.05) is 54.6 Å².